The summed E-state index contributed by atoms with van der Waals surface area (Å²) < 4.78 is 5.99. The van der Waals surface area contributed by atoms with Crippen molar-refractivity contribution in [3.05, 3.63) is 11.6 Å². The molecule has 1 heterocycles. The molecule has 18 heavy (non-hydrogen) atoms. The Morgan fingerprint density at radius 3 is 3.06 bits per heavy atom. The molecular formula is C15H27NOS. The third-order valence-electron chi connectivity index (χ3n) is 3.86. The molecule has 1 saturated heterocycles. The average molecular weight is 269 g/mol. The van der Waals surface area contributed by atoms with Crippen LogP contribution in [0.4, 0.5) is 0 Å². The Bertz CT molecular complexity index is 261. The minimum Gasteiger partial charge on any atom is -0.375 e. The fraction of sp³-hybridized carbons (Fsp3) is 0.867. The Kier molecular flexibility index (Phi) is 6.60. The highest BCUT2D eigenvalue weighted by Gasteiger charge is 2.27. The number of likely N-dealkylation sites (N-methyl/N-ethyl adjacent to an activating group) is 1. The first-order valence-electron chi connectivity index (χ1n) is 7.53. The van der Waals surface area contributed by atoms with Gasteiger partial charge in [0.2, 0.25) is 0 Å². The largest absolute Gasteiger partial charge is 0.375 e. The number of nitrogens with one attached hydrogen (secondary N) is 1. The Balaban J connectivity index is 2.01. The van der Waals surface area contributed by atoms with Crippen LogP contribution in [0.5, 0.6) is 0 Å². The van der Waals surface area contributed by atoms with E-state index in [-0.39, 0.29) is 0 Å². The van der Waals surface area contributed by atoms with Gasteiger partial charge in [-0.25, -0.2) is 0 Å². The molecule has 0 aromatic carbocycles. The van der Waals surface area contributed by atoms with E-state index in [0.29, 0.717) is 12.1 Å². The number of rotatable bonds is 4. The van der Waals surface area contributed by atoms with Gasteiger partial charge in [0.05, 0.1) is 18.8 Å². The third-order valence-corrected chi connectivity index (χ3v) is 4.88. The van der Waals surface area contributed by atoms with Gasteiger partial charge in [-0.1, -0.05) is 31.4 Å². The summed E-state index contributed by atoms with van der Waals surface area (Å²) in [5.74, 6) is 2.31. The zero-order valence-electron chi connectivity index (χ0n) is 11.6. The molecule has 0 saturated carbocycles. The van der Waals surface area contributed by atoms with Crippen LogP contribution in [-0.2, 0) is 4.74 Å². The van der Waals surface area contributed by atoms with E-state index in [9.17, 15) is 0 Å². The van der Waals surface area contributed by atoms with Crippen LogP contribution in [-0.4, -0.2) is 36.8 Å². The second-order valence-corrected chi connectivity index (χ2v) is 6.40. The zero-order valence-corrected chi connectivity index (χ0v) is 12.4. The van der Waals surface area contributed by atoms with E-state index < -0.39 is 0 Å². The average Bonchev–Trinajstić information content (AvgIpc) is 2.38. The molecule has 2 atom stereocenters. The molecule has 0 aromatic heterocycles. The fourth-order valence-corrected chi connectivity index (χ4v) is 3.82. The summed E-state index contributed by atoms with van der Waals surface area (Å²) in [5.41, 5.74) is 1.61. The number of hydrogen-bond acceptors (Lipinski definition) is 3. The molecule has 1 fully saturated rings. The molecule has 0 amide bonds. The van der Waals surface area contributed by atoms with Crippen molar-refractivity contribution in [2.75, 3.05) is 24.7 Å². The van der Waals surface area contributed by atoms with Crippen LogP contribution in [0.1, 0.15) is 45.4 Å². The van der Waals surface area contributed by atoms with Crippen molar-refractivity contribution < 1.29 is 4.74 Å². The highest BCUT2D eigenvalue weighted by atomic mass is 32.2. The smallest absolute Gasteiger partial charge is 0.0857 e. The molecule has 0 bridgehead atoms. The zero-order chi connectivity index (χ0) is 12.6. The summed E-state index contributed by atoms with van der Waals surface area (Å²) in [5, 5.41) is 3.66. The Morgan fingerprint density at radius 2 is 2.28 bits per heavy atom. The fourth-order valence-electron chi connectivity index (χ4n) is 2.92. The Hall–Kier alpha value is 0.01000. The summed E-state index contributed by atoms with van der Waals surface area (Å²) in [6, 6.07) is 0.459. The molecule has 104 valence electrons. The van der Waals surface area contributed by atoms with Gasteiger partial charge in [0.15, 0.2) is 0 Å². The second kappa shape index (κ2) is 8.23. The molecule has 1 aliphatic heterocycles. The molecule has 0 aromatic rings. The van der Waals surface area contributed by atoms with Crippen molar-refractivity contribution >= 4 is 11.8 Å². The second-order valence-electron chi connectivity index (χ2n) is 5.25. The molecule has 0 radical (unpaired) electrons. The van der Waals surface area contributed by atoms with Gasteiger partial charge in [-0.3, -0.25) is 0 Å². The first kappa shape index (κ1) is 14.4. The van der Waals surface area contributed by atoms with Crippen LogP contribution in [0, 0.1) is 0 Å². The van der Waals surface area contributed by atoms with E-state index in [4.69, 9.17) is 4.74 Å². The van der Waals surface area contributed by atoms with Crippen LogP contribution < -0.4 is 5.32 Å². The predicted molar refractivity (Wildman–Crippen MR) is 80.3 cm³/mol. The van der Waals surface area contributed by atoms with Crippen LogP contribution in [0.3, 0.4) is 0 Å². The van der Waals surface area contributed by atoms with Gasteiger partial charge in [0.1, 0.15) is 0 Å². The minimum atomic E-state index is 0.384. The van der Waals surface area contributed by atoms with Gasteiger partial charge in [0.25, 0.3) is 0 Å². The van der Waals surface area contributed by atoms with Crippen molar-refractivity contribution in [2.45, 2.75) is 57.6 Å². The van der Waals surface area contributed by atoms with Crippen LogP contribution in [0.25, 0.3) is 0 Å². The molecule has 0 spiro atoms. The Morgan fingerprint density at radius 1 is 1.39 bits per heavy atom. The summed E-state index contributed by atoms with van der Waals surface area (Å²) in [6.45, 7) is 4.16. The normalized spacial score (nSPS) is 28.1. The highest BCUT2D eigenvalue weighted by molar-refractivity contribution is 7.99. The van der Waals surface area contributed by atoms with Gasteiger partial charge in [0, 0.05) is 11.5 Å². The van der Waals surface area contributed by atoms with E-state index >= 15 is 0 Å². The van der Waals surface area contributed by atoms with Crippen molar-refractivity contribution in [1.29, 1.82) is 0 Å². The lowest BCUT2D eigenvalue weighted by molar-refractivity contribution is 0.0554. The highest BCUT2D eigenvalue weighted by Crippen LogP contribution is 2.25. The third kappa shape index (κ3) is 4.29. The van der Waals surface area contributed by atoms with Crippen LogP contribution in [0.15, 0.2) is 11.6 Å². The maximum Gasteiger partial charge on any atom is 0.0857 e. The number of hydrogen-bond donors (Lipinski definition) is 1. The molecule has 2 rings (SSSR count). The van der Waals surface area contributed by atoms with Crippen LogP contribution in [0.2, 0.25) is 0 Å². The Labute approximate surface area is 116 Å². The van der Waals surface area contributed by atoms with E-state index in [2.05, 4.69) is 18.3 Å². The monoisotopic (exact) mass is 269 g/mol. The van der Waals surface area contributed by atoms with E-state index in [1.165, 1.54) is 38.5 Å². The first-order valence-corrected chi connectivity index (χ1v) is 8.69. The SMILES string of the molecule is CCNC(C1=CCCCCCC1)C1CSCCO1. The topological polar surface area (TPSA) is 21.3 Å². The lowest BCUT2D eigenvalue weighted by atomic mass is 9.92. The van der Waals surface area contributed by atoms with Gasteiger partial charge < -0.3 is 10.1 Å². The first-order chi connectivity index (χ1) is 8.92. The maximum absolute atomic E-state index is 5.99. The van der Waals surface area contributed by atoms with Gasteiger partial charge in [-0.2, -0.15) is 11.8 Å². The van der Waals surface area contributed by atoms with Gasteiger partial charge >= 0.3 is 0 Å². The molecule has 2 aliphatic rings. The standard InChI is InChI=1S/C15H27NOS/c1-2-16-15(14-12-18-11-10-17-14)13-8-6-4-3-5-7-9-13/h8,14-16H,2-7,9-12H2,1H3. The van der Waals surface area contributed by atoms with E-state index in [1.54, 1.807) is 5.57 Å². The van der Waals surface area contributed by atoms with Gasteiger partial charge in [-0.15, -0.1) is 0 Å². The quantitative estimate of drug-likeness (QED) is 0.791. The van der Waals surface area contributed by atoms with Crippen LogP contribution >= 0.6 is 11.8 Å². The molecule has 1 N–H and O–H groups in total. The number of allylic oxidation sites excluding steroid dienone is 1. The maximum atomic E-state index is 5.99. The van der Waals surface area contributed by atoms with E-state index in [0.717, 1.165) is 24.7 Å². The number of ether oxygens (including phenoxy) is 1. The van der Waals surface area contributed by atoms with Crippen molar-refractivity contribution in [3.63, 3.8) is 0 Å². The summed E-state index contributed by atoms with van der Waals surface area (Å²) >= 11 is 2.04. The molecular weight excluding hydrogens is 242 g/mol. The molecule has 1 aliphatic carbocycles. The van der Waals surface area contributed by atoms with Crippen molar-refractivity contribution in [2.24, 2.45) is 0 Å². The molecule has 2 unspecified atom stereocenters. The molecule has 2 nitrogen and oxygen atoms in total. The van der Waals surface area contributed by atoms with E-state index in [1.807, 2.05) is 11.8 Å². The summed E-state index contributed by atoms with van der Waals surface area (Å²) in [4.78, 5) is 0. The van der Waals surface area contributed by atoms with Gasteiger partial charge in [-0.05, 0) is 32.2 Å². The lowest BCUT2D eigenvalue weighted by Gasteiger charge is -2.33. The van der Waals surface area contributed by atoms with Crippen molar-refractivity contribution in [3.8, 4) is 0 Å². The minimum absolute atomic E-state index is 0.384. The lowest BCUT2D eigenvalue weighted by Crippen LogP contribution is -2.46. The predicted octanol–water partition coefficient (Wildman–Crippen LogP) is 3.38. The molecule has 3 heteroatoms. The number of thioether (sulfide) groups is 1. The summed E-state index contributed by atoms with van der Waals surface area (Å²) in [6.07, 6.45) is 10.9. The van der Waals surface area contributed by atoms with Crippen molar-refractivity contribution in [1.82, 2.24) is 5.32 Å². The summed E-state index contributed by atoms with van der Waals surface area (Å²) in [7, 11) is 0.